The molecule has 8 atom stereocenters. The highest BCUT2D eigenvalue weighted by atomic mass is 31.2. The highest BCUT2D eigenvalue weighted by Gasteiger charge is 2.51. The van der Waals surface area contributed by atoms with Gasteiger partial charge in [0.05, 0.1) is 6.61 Å². The Morgan fingerprint density at radius 3 is 1.53 bits per heavy atom. The van der Waals surface area contributed by atoms with Crippen molar-refractivity contribution in [3.8, 4) is 0 Å². The summed E-state index contributed by atoms with van der Waals surface area (Å²) >= 11 is 0. The number of hydrogen-bond donors (Lipinski definition) is 6. The standard InChI is InChI=1S/C41H73O13P/c1-3-5-7-9-11-13-15-16-17-18-20-21-23-25-27-29-34(42)51-31-33(53-35(43)30-28-26-24-22-19-14-12-10-8-6-4-2)32-52-55(49,50)54-41-39(47)37(45)36(44)38(46)40(41)48/h11,13,16-17,20-21,33,36-41,44-48H,3-10,12,14-15,18-19,22-32H2,1-2H3,(H,49,50)/b13-11+,17-16+,21-20+/t33-,36?,37-,38?,39?,40?,41?/m1/s1. The molecule has 0 amide bonds. The minimum Gasteiger partial charge on any atom is -0.462 e. The number of aliphatic hydroxyl groups is 5. The molecule has 1 aliphatic carbocycles. The number of phosphoric acid groups is 1. The largest absolute Gasteiger partial charge is 0.472 e. The molecule has 55 heavy (non-hydrogen) atoms. The first-order valence-corrected chi connectivity index (χ1v) is 22.3. The van der Waals surface area contributed by atoms with Gasteiger partial charge in [0.15, 0.2) is 6.10 Å². The molecule has 0 aromatic rings. The van der Waals surface area contributed by atoms with Crippen LogP contribution in [0, 0.1) is 0 Å². The quantitative estimate of drug-likeness (QED) is 0.0170. The summed E-state index contributed by atoms with van der Waals surface area (Å²) < 4.78 is 33.3. The Balaban J connectivity index is 2.54. The average Bonchev–Trinajstić information content (AvgIpc) is 3.16. The van der Waals surface area contributed by atoms with Gasteiger partial charge >= 0.3 is 19.8 Å². The van der Waals surface area contributed by atoms with E-state index in [0.717, 1.165) is 57.8 Å². The van der Waals surface area contributed by atoms with Crippen molar-refractivity contribution in [2.45, 2.75) is 198 Å². The van der Waals surface area contributed by atoms with E-state index in [2.05, 4.69) is 50.3 Å². The lowest BCUT2D eigenvalue weighted by atomic mass is 9.85. The van der Waals surface area contributed by atoms with Gasteiger partial charge in [0.1, 0.15) is 43.2 Å². The van der Waals surface area contributed by atoms with E-state index in [9.17, 15) is 44.6 Å². The van der Waals surface area contributed by atoms with Crippen LogP contribution in [-0.2, 0) is 32.7 Å². The third-order valence-corrected chi connectivity index (χ3v) is 10.5. The van der Waals surface area contributed by atoms with Gasteiger partial charge in [-0.15, -0.1) is 0 Å². The Morgan fingerprint density at radius 1 is 0.564 bits per heavy atom. The van der Waals surface area contributed by atoms with Crippen LogP contribution in [0.1, 0.15) is 155 Å². The Kier molecular flexibility index (Phi) is 29.8. The molecule has 0 radical (unpaired) electrons. The third-order valence-electron chi connectivity index (χ3n) is 9.48. The van der Waals surface area contributed by atoms with E-state index in [-0.39, 0.29) is 12.8 Å². The van der Waals surface area contributed by atoms with Gasteiger partial charge in [-0.05, 0) is 51.4 Å². The zero-order valence-electron chi connectivity index (χ0n) is 33.5. The number of allylic oxidation sites excluding steroid dienone is 6. The van der Waals surface area contributed by atoms with Crippen molar-refractivity contribution in [1.82, 2.24) is 0 Å². The molecule has 0 aromatic heterocycles. The summed E-state index contributed by atoms with van der Waals surface area (Å²) in [5.74, 6) is -1.15. The van der Waals surface area contributed by atoms with Gasteiger partial charge in [-0.3, -0.25) is 18.6 Å². The molecule has 0 aromatic carbocycles. The molecule has 1 saturated carbocycles. The SMILES string of the molecule is CCCCC/C=C/C/C=C/C/C=C/CCCCC(=O)OC[C@H](COP(=O)(O)OC1C(O)C(O)C(O)[C@@H](O)C1O)OC(=O)CCCCCCCCCCCCC. The second-order valence-corrected chi connectivity index (χ2v) is 15.9. The molecular weight excluding hydrogens is 731 g/mol. The highest BCUT2D eigenvalue weighted by molar-refractivity contribution is 7.47. The minimum atomic E-state index is -5.12. The zero-order chi connectivity index (χ0) is 40.7. The van der Waals surface area contributed by atoms with E-state index in [1.807, 2.05) is 0 Å². The Bertz CT molecular complexity index is 1110. The van der Waals surface area contributed by atoms with Crippen molar-refractivity contribution in [1.29, 1.82) is 0 Å². The molecule has 0 bridgehead atoms. The maximum atomic E-state index is 12.8. The van der Waals surface area contributed by atoms with E-state index in [1.165, 1.54) is 57.8 Å². The molecule has 0 spiro atoms. The van der Waals surface area contributed by atoms with Crippen molar-refractivity contribution in [3.63, 3.8) is 0 Å². The number of rotatable bonds is 33. The van der Waals surface area contributed by atoms with Crippen LogP contribution in [-0.4, -0.2) is 98.3 Å². The van der Waals surface area contributed by atoms with Gasteiger partial charge in [0.2, 0.25) is 0 Å². The van der Waals surface area contributed by atoms with Crippen LogP contribution < -0.4 is 0 Å². The molecule has 0 saturated heterocycles. The fourth-order valence-electron chi connectivity index (χ4n) is 6.06. The molecule has 1 fully saturated rings. The Hall–Kier alpha value is -1.93. The van der Waals surface area contributed by atoms with Crippen molar-refractivity contribution in [3.05, 3.63) is 36.5 Å². The van der Waals surface area contributed by atoms with Gasteiger partial charge in [-0.1, -0.05) is 127 Å². The van der Waals surface area contributed by atoms with Crippen LogP contribution in [0.25, 0.3) is 0 Å². The van der Waals surface area contributed by atoms with Crippen molar-refractivity contribution < 1.29 is 63.1 Å². The van der Waals surface area contributed by atoms with E-state index >= 15 is 0 Å². The molecule has 6 N–H and O–H groups in total. The Morgan fingerprint density at radius 2 is 0.982 bits per heavy atom. The number of unbranched alkanes of at least 4 members (excludes halogenated alkanes) is 15. The number of aliphatic hydroxyl groups excluding tert-OH is 5. The summed E-state index contributed by atoms with van der Waals surface area (Å²) in [6.45, 7) is 3.20. The number of carbonyl (C=O) groups excluding carboxylic acids is 2. The number of carbonyl (C=O) groups is 2. The second kappa shape index (κ2) is 32.1. The van der Waals surface area contributed by atoms with Crippen molar-refractivity contribution in [2.75, 3.05) is 13.2 Å². The van der Waals surface area contributed by atoms with Gasteiger partial charge in [0.25, 0.3) is 0 Å². The van der Waals surface area contributed by atoms with Crippen LogP contribution in [0.2, 0.25) is 0 Å². The molecular formula is C41H73O13P. The van der Waals surface area contributed by atoms with E-state index < -0.39 is 75.7 Å². The van der Waals surface area contributed by atoms with Crippen LogP contribution in [0.3, 0.4) is 0 Å². The Labute approximate surface area is 329 Å². The topological polar surface area (TPSA) is 210 Å². The van der Waals surface area contributed by atoms with Crippen LogP contribution >= 0.6 is 7.82 Å². The van der Waals surface area contributed by atoms with E-state index in [0.29, 0.717) is 12.8 Å². The summed E-state index contributed by atoms with van der Waals surface area (Å²) in [6, 6.07) is 0. The lowest BCUT2D eigenvalue weighted by molar-refractivity contribution is -0.220. The van der Waals surface area contributed by atoms with Crippen LogP contribution in [0.5, 0.6) is 0 Å². The van der Waals surface area contributed by atoms with Crippen molar-refractivity contribution >= 4 is 19.8 Å². The molecule has 1 rings (SSSR count). The highest BCUT2D eigenvalue weighted by Crippen LogP contribution is 2.47. The molecule has 1 aliphatic rings. The smallest absolute Gasteiger partial charge is 0.462 e. The fourth-order valence-corrected chi connectivity index (χ4v) is 7.03. The molecule has 0 heterocycles. The zero-order valence-corrected chi connectivity index (χ0v) is 34.4. The molecule has 320 valence electrons. The number of hydrogen-bond acceptors (Lipinski definition) is 12. The van der Waals surface area contributed by atoms with E-state index in [4.69, 9.17) is 18.5 Å². The average molecular weight is 805 g/mol. The van der Waals surface area contributed by atoms with Gasteiger partial charge < -0.3 is 39.9 Å². The summed E-state index contributed by atoms with van der Waals surface area (Å²) in [5.41, 5.74) is 0. The first-order chi connectivity index (χ1) is 26.4. The summed E-state index contributed by atoms with van der Waals surface area (Å²) in [6.07, 6.45) is 20.7. The molecule has 13 nitrogen and oxygen atoms in total. The first kappa shape index (κ1) is 51.1. The first-order valence-electron chi connectivity index (χ1n) is 20.8. The normalized spacial score (nSPS) is 23.4. The molecule has 0 aliphatic heterocycles. The maximum absolute atomic E-state index is 12.8. The van der Waals surface area contributed by atoms with Crippen molar-refractivity contribution in [2.24, 2.45) is 0 Å². The predicted octanol–water partition coefficient (Wildman–Crippen LogP) is 7.05. The molecule has 6 unspecified atom stereocenters. The minimum absolute atomic E-state index is 0.0901. The lowest BCUT2D eigenvalue weighted by Gasteiger charge is -2.41. The second-order valence-electron chi connectivity index (χ2n) is 14.5. The lowest BCUT2D eigenvalue weighted by Crippen LogP contribution is -2.64. The van der Waals surface area contributed by atoms with Gasteiger partial charge in [-0.25, -0.2) is 4.57 Å². The fraction of sp³-hybridized carbons (Fsp3) is 0.805. The summed E-state index contributed by atoms with van der Waals surface area (Å²) in [5, 5.41) is 50.0. The number of ether oxygens (including phenoxy) is 2. The van der Waals surface area contributed by atoms with Crippen LogP contribution in [0.15, 0.2) is 36.5 Å². The van der Waals surface area contributed by atoms with Gasteiger partial charge in [-0.2, -0.15) is 0 Å². The monoisotopic (exact) mass is 804 g/mol. The van der Waals surface area contributed by atoms with Gasteiger partial charge in [0, 0.05) is 12.8 Å². The summed E-state index contributed by atoms with van der Waals surface area (Å²) in [4.78, 5) is 35.5. The van der Waals surface area contributed by atoms with Crippen LogP contribution in [0.4, 0.5) is 0 Å². The molecule has 14 heteroatoms. The number of phosphoric ester groups is 1. The summed E-state index contributed by atoms with van der Waals surface area (Å²) in [7, 11) is -5.12. The number of esters is 2. The third kappa shape index (κ3) is 25.1. The maximum Gasteiger partial charge on any atom is 0.472 e. The predicted molar refractivity (Wildman–Crippen MR) is 212 cm³/mol. The van der Waals surface area contributed by atoms with E-state index in [1.54, 1.807) is 0 Å².